The zero-order chi connectivity index (χ0) is 54.3. The lowest BCUT2D eigenvalue weighted by Crippen LogP contribution is -2.67. The van der Waals surface area contributed by atoms with Gasteiger partial charge in [0.25, 0.3) is 25.3 Å². The predicted octanol–water partition coefficient (Wildman–Crippen LogP) is 3.67. The summed E-state index contributed by atoms with van der Waals surface area (Å²) in [6.07, 6.45) is -4.07. The topological polar surface area (TPSA) is 287 Å². The van der Waals surface area contributed by atoms with Gasteiger partial charge in [0.15, 0.2) is 32.2 Å². The summed E-state index contributed by atoms with van der Waals surface area (Å²) < 4.78 is 40.8. The quantitative estimate of drug-likeness (QED) is 0.0329. The molecule has 0 aliphatic carbocycles. The van der Waals surface area contributed by atoms with Gasteiger partial charge in [-0.2, -0.15) is 4.98 Å². The summed E-state index contributed by atoms with van der Waals surface area (Å²) in [6, 6.07) is 28.0. The maximum absolute atomic E-state index is 14.7. The van der Waals surface area contributed by atoms with Crippen LogP contribution < -0.4 is 42.1 Å². The van der Waals surface area contributed by atoms with Crippen molar-refractivity contribution in [3.8, 4) is 5.75 Å². The van der Waals surface area contributed by atoms with Crippen molar-refractivity contribution in [3.05, 3.63) is 140 Å². The molecular weight excluding hydrogens is 1040 g/mol. The van der Waals surface area contributed by atoms with Crippen LogP contribution >= 0.6 is 6.72 Å². The van der Waals surface area contributed by atoms with E-state index in [0.29, 0.717) is 5.75 Å². The minimum absolute atomic E-state index is 0.0283. The van der Waals surface area contributed by atoms with Crippen LogP contribution in [0.1, 0.15) is 72.4 Å². The zero-order valence-electron chi connectivity index (χ0n) is 43.1. The second-order valence-electron chi connectivity index (χ2n) is 21.2. The number of carbonyl (C=O) groups is 1. The number of amides is 1. The molecule has 25 heteroatoms. The fourth-order valence-electron chi connectivity index (χ4n) is 9.12. The fourth-order valence-corrected chi connectivity index (χ4v) is 18.0. The molecule has 2 fully saturated rings. The Labute approximate surface area is 438 Å². The predicted molar refractivity (Wildman–Crippen MR) is 286 cm³/mol. The van der Waals surface area contributed by atoms with Gasteiger partial charge in [0.05, 0.1) is 25.5 Å². The van der Waals surface area contributed by atoms with Crippen LogP contribution in [0.4, 0.5) is 5.95 Å². The summed E-state index contributed by atoms with van der Waals surface area (Å²) in [4.78, 5) is 91.8. The van der Waals surface area contributed by atoms with Gasteiger partial charge in [0.2, 0.25) is 22.7 Å². The molecule has 2 aliphatic rings. The summed E-state index contributed by atoms with van der Waals surface area (Å²) in [5.74, 6) is -3.10. The van der Waals surface area contributed by atoms with Crippen LogP contribution in [0.15, 0.2) is 118 Å². The van der Waals surface area contributed by atoms with Crippen molar-refractivity contribution in [2.45, 2.75) is 126 Å². The molecule has 1 amide bonds. The lowest BCUT2D eigenvalue weighted by molar-refractivity contribution is -0.252. The molecule has 8 rings (SSSR count). The van der Waals surface area contributed by atoms with Crippen molar-refractivity contribution < 1.29 is 52.4 Å². The molecule has 2 saturated heterocycles. The summed E-state index contributed by atoms with van der Waals surface area (Å²) in [5, 5.41) is 28.3. The number of rotatable bonds is 17. The number of hydrogen-bond donors (Lipinski definition) is 6. The summed E-state index contributed by atoms with van der Waals surface area (Å²) in [7, 11) is -5.92. The number of para-hydroxylation sites is 1. The number of aliphatic hydroxyl groups is 2. The molecule has 0 saturated carbocycles. The van der Waals surface area contributed by atoms with E-state index >= 15 is 0 Å². The number of nitrogens with zero attached hydrogens (tertiary/aromatic N) is 4. The molecule has 3 aromatic heterocycles. The number of H-pyrrole nitrogens is 2. The molecule has 3 aromatic carbocycles. The van der Waals surface area contributed by atoms with Crippen molar-refractivity contribution in [3.63, 3.8) is 0 Å². The Balaban J connectivity index is 1.15. The molecule has 0 bridgehead atoms. The standard InChI is InChI=1S/C50H64N7O14PSSi2/c1-31-27-56(47(62)55-43(31)59)38-25-35(70-74(8,9)48(2,3)4)41(69-38)45(61)73-72(64,65)71-50(63)26-39(57-30-51-40-42(57)53-46(54-44(40)60)52-37(58)29-66-32-19-13-10-14-20-32)68-36(50)28-67-75(49(5,6)7,33-21-15-11-16-22-33)34-23-17-12-18-24-34/h10-24,27,30,35-36,38-39,41,45,61,63H,25-26,28-29H2,1-9H3,(H4-,52,53,54,55,58,59,60,62,64,65)/t35-,36+,38+,39+,41-,45?,50+/m0/s1. The van der Waals surface area contributed by atoms with Gasteiger partial charge in [-0.1, -0.05) is 120 Å². The maximum Gasteiger partial charge on any atom is 0.330 e. The number of aliphatic hydroxyl groups excluding tert-OH is 1. The van der Waals surface area contributed by atoms with E-state index in [1.807, 2.05) is 94.5 Å². The maximum atomic E-state index is 14.7. The van der Waals surface area contributed by atoms with E-state index in [0.717, 1.165) is 10.4 Å². The minimum Gasteiger partial charge on any atom is -0.742 e. The summed E-state index contributed by atoms with van der Waals surface area (Å²) in [6.45, 7) is 11.7. The third-order valence-electron chi connectivity index (χ3n) is 13.9. The molecular formula is C50H64N7O14PSSi2. The number of aryl methyl sites for hydroxylation is 1. The number of anilines is 1. The van der Waals surface area contributed by atoms with E-state index in [2.05, 4.69) is 46.0 Å². The van der Waals surface area contributed by atoms with Crippen LogP contribution in [0.5, 0.6) is 5.75 Å². The molecule has 21 nitrogen and oxygen atoms in total. The minimum atomic E-state index is -5.21. The molecule has 2 unspecified atom stereocenters. The molecule has 6 N–H and O–H groups in total. The van der Waals surface area contributed by atoms with Gasteiger partial charge in [-0.15, -0.1) is 0 Å². The first-order chi connectivity index (χ1) is 35.2. The van der Waals surface area contributed by atoms with Crippen molar-refractivity contribution >= 4 is 67.7 Å². The second-order valence-corrected chi connectivity index (χ2v) is 34.1. The lowest BCUT2D eigenvalue weighted by Gasteiger charge is -2.44. The molecule has 402 valence electrons. The van der Waals surface area contributed by atoms with Crippen molar-refractivity contribution in [1.29, 1.82) is 0 Å². The number of nitrogens with one attached hydrogen (secondary N) is 3. The first-order valence-corrected chi connectivity index (χ1v) is 32.2. The van der Waals surface area contributed by atoms with Crippen molar-refractivity contribution in [2.75, 3.05) is 18.5 Å². The molecule has 75 heavy (non-hydrogen) atoms. The van der Waals surface area contributed by atoms with Gasteiger partial charge < -0.3 is 43.1 Å². The van der Waals surface area contributed by atoms with E-state index in [1.165, 1.54) is 28.6 Å². The Morgan fingerprint density at radius 1 is 0.920 bits per heavy atom. The van der Waals surface area contributed by atoms with E-state index in [1.54, 1.807) is 30.3 Å². The first-order valence-electron chi connectivity index (χ1n) is 24.3. The van der Waals surface area contributed by atoms with Crippen LogP contribution in [-0.2, 0) is 38.6 Å². The number of aromatic nitrogens is 6. The third kappa shape index (κ3) is 12.0. The number of fused-ring (bicyclic) bond motifs is 1. The Bertz CT molecular complexity index is 3200. The van der Waals surface area contributed by atoms with Gasteiger partial charge in [-0.05, 0) is 52.6 Å². The average Bonchev–Trinajstić information content (AvgIpc) is 4.04. The highest BCUT2D eigenvalue weighted by atomic mass is 32.5. The largest absolute Gasteiger partial charge is 0.742 e. The monoisotopic (exact) mass is 1110 g/mol. The van der Waals surface area contributed by atoms with Crippen LogP contribution in [0.25, 0.3) is 11.2 Å². The van der Waals surface area contributed by atoms with E-state index < -0.39 is 113 Å². The molecule has 0 spiro atoms. The second kappa shape index (κ2) is 21.6. The number of imidazole rings is 1. The number of ether oxygens (including phenoxy) is 3. The summed E-state index contributed by atoms with van der Waals surface area (Å²) >= 11 is 0. The number of benzene rings is 3. The number of aromatic amines is 2. The first kappa shape index (κ1) is 55.9. The highest BCUT2D eigenvalue weighted by Gasteiger charge is 2.57. The lowest BCUT2D eigenvalue weighted by atomic mass is 10.1. The third-order valence-corrected chi connectivity index (χ3v) is 26.4. The van der Waals surface area contributed by atoms with Gasteiger partial charge in [0, 0.05) is 18.2 Å². The van der Waals surface area contributed by atoms with E-state index in [-0.39, 0.29) is 45.1 Å². The van der Waals surface area contributed by atoms with Gasteiger partial charge >= 0.3 is 17.8 Å². The highest BCUT2D eigenvalue weighted by molar-refractivity contribution is 8.16. The molecule has 8 atom stereocenters. The smallest absolute Gasteiger partial charge is 0.330 e. The number of carbonyl (C=O) groups excluding carboxylic acids is 1. The van der Waals surface area contributed by atoms with Crippen LogP contribution in [0.2, 0.25) is 23.2 Å². The van der Waals surface area contributed by atoms with Crippen molar-refractivity contribution in [2.24, 2.45) is 0 Å². The zero-order valence-corrected chi connectivity index (χ0v) is 46.8. The van der Waals surface area contributed by atoms with Crippen LogP contribution in [-0.4, -0.2) is 109 Å². The molecule has 5 heterocycles. The summed E-state index contributed by atoms with van der Waals surface area (Å²) in [5.41, 5.74) is -3.90. The van der Waals surface area contributed by atoms with Crippen LogP contribution in [0.3, 0.4) is 0 Å². The molecule has 2 aliphatic heterocycles. The Hall–Kier alpha value is -5.32. The van der Waals surface area contributed by atoms with Gasteiger partial charge in [-0.3, -0.25) is 43.3 Å². The highest BCUT2D eigenvalue weighted by Crippen LogP contribution is 2.50. The van der Waals surface area contributed by atoms with E-state index in [9.17, 15) is 39.2 Å². The van der Waals surface area contributed by atoms with Crippen molar-refractivity contribution in [1.82, 2.24) is 29.1 Å². The Morgan fingerprint density at radius 2 is 1.53 bits per heavy atom. The normalized spacial score (nSPS) is 22.7. The molecule has 0 radical (unpaired) electrons. The Kier molecular flexibility index (Phi) is 16.1. The number of hydrogen-bond acceptors (Lipinski definition) is 15. The van der Waals surface area contributed by atoms with Gasteiger partial charge in [0.1, 0.15) is 24.3 Å². The SMILES string of the molecule is Cc1cn([C@H]2C[C@H](O[Si](C)(C)C(C)(C)C)[C@@H](C(O)[S+]=P([O-])(O)O[C@]3(O)C[C@H](n4cnc5c(=O)[nH]c(NC(=O)COc6ccccc6)nc54)O[C@@H]3CO[Si](c3ccccc3)(c3ccccc3)C(C)(C)C)O2)c(=O)[nH]c1=O. The Morgan fingerprint density at radius 3 is 2.13 bits per heavy atom. The van der Waals surface area contributed by atoms with E-state index in [4.69, 9.17) is 27.6 Å². The average molecular weight is 1110 g/mol. The molecule has 6 aromatic rings. The van der Waals surface area contributed by atoms with Gasteiger partial charge in [-0.25, -0.2) is 9.78 Å². The fraction of sp³-hybridized carbons (Fsp3) is 0.440. The van der Waals surface area contributed by atoms with Crippen LogP contribution in [0, 0.1) is 6.92 Å².